The van der Waals surface area contributed by atoms with Crippen molar-refractivity contribution in [2.75, 3.05) is 0 Å². The third kappa shape index (κ3) is 1.05. The van der Waals surface area contributed by atoms with Crippen LogP contribution in [0.2, 0.25) is 0 Å². The highest BCUT2D eigenvalue weighted by atomic mass is 16.3. The van der Waals surface area contributed by atoms with Crippen LogP contribution in [-0.2, 0) is 0 Å². The molecule has 0 atom stereocenters. The molecular formula is C11H7NO2. The lowest BCUT2D eigenvalue weighted by atomic mass is 10.0. The van der Waals surface area contributed by atoms with E-state index < -0.39 is 0 Å². The third-order valence-corrected chi connectivity index (χ3v) is 2.12. The van der Waals surface area contributed by atoms with Crippen LogP contribution in [0.25, 0.3) is 10.8 Å². The first-order valence-electron chi connectivity index (χ1n) is 4.08. The second-order valence-electron chi connectivity index (χ2n) is 2.95. The smallest absolute Gasteiger partial charge is 0.165 e. The minimum Gasteiger partial charge on any atom is -0.504 e. The van der Waals surface area contributed by atoms with Gasteiger partial charge in [0.25, 0.3) is 0 Å². The van der Waals surface area contributed by atoms with Crippen molar-refractivity contribution < 1.29 is 10.2 Å². The molecule has 0 bridgehead atoms. The van der Waals surface area contributed by atoms with Gasteiger partial charge in [-0.3, -0.25) is 0 Å². The summed E-state index contributed by atoms with van der Waals surface area (Å²) in [5.74, 6) is -0.445. The quantitative estimate of drug-likeness (QED) is 0.618. The summed E-state index contributed by atoms with van der Waals surface area (Å²) in [6, 6.07) is 10.1. The van der Waals surface area contributed by atoms with Crippen molar-refractivity contribution in [3.8, 4) is 17.6 Å². The first-order chi connectivity index (χ1) is 6.74. The van der Waals surface area contributed by atoms with Gasteiger partial charge in [0.2, 0.25) is 0 Å². The minimum absolute atomic E-state index is 0.181. The highest BCUT2D eigenvalue weighted by Crippen LogP contribution is 2.35. The fourth-order valence-electron chi connectivity index (χ4n) is 1.44. The van der Waals surface area contributed by atoms with Crippen LogP contribution >= 0.6 is 0 Å². The second-order valence-corrected chi connectivity index (χ2v) is 2.95. The molecule has 0 aromatic heterocycles. The Balaban J connectivity index is 2.99. The monoisotopic (exact) mass is 185 g/mol. The molecule has 0 fully saturated rings. The van der Waals surface area contributed by atoms with Gasteiger partial charge >= 0.3 is 0 Å². The van der Waals surface area contributed by atoms with E-state index in [9.17, 15) is 10.2 Å². The fourth-order valence-corrected chi connectivity index (χ4v) is 1.44. The molecule has 0 aliphatic rings. The van der Waals surface area contributed by atoms with E-state index in [4.69, 9.17) is 5.26 Å². The Morgan fingerprint density at radius 3 is 2.36 bits per heavy atom. The Kier molecular flexibility index (Phi) is 1.76. The van der Waals surface area contributed by atoms with Gasteiger partial charge in [-0.05, 0) is 0 Å². The molecule has 2 N–H and O–H groups in total. The molecule has 68 valence electrons. The average Bonchev–Trinajstić information content (AvgIpc) is 2.23. The van der Waals surface area contributed by atoms with Gasteiger partial charge in [0.05, 0.1) is 11.6 Å². The number of rotatable bonds is 0. The summed E-state index contributed by atoms with van der Waals surface area (Å²) < 4.78 is 0. The van der Waals surface area contributed by atoms with Crippen molar-refractivity contribution in [2.24, 2.45) is 0 Å². The Bertz CT molecular complexity index is 541. The van der Waals surface area contributed by atoms with Crippen LogP contribution < -0.4 is 0 Å². The third-order valence-electron chi connectivity index (χ3n) is 2.12. The van der Waals surface area contributed by atoms with E-state index in [2.05, 4.69) is 0 Å². The second kappa shape index (κ2) is 2.93. The van der Waals surface area contributed by atoms with Gasteiger partial charge in [-0.1, -0.05) is 24.3 Å². The van der Waals surface area contributed by atoms with Crippen molar-refractivity contribution in [2.45, 2.75) is 0 Å². The highest BCUT2D eigenvalue weighted by molar-refractivity contribution is 5.94. The van der Waals surface area contributed by atoms with Crippen LogP contribution in [0.4, 0.5) is 0 Å². The van der Waals surface area contributed by atoms with E-state index in [0.717, 1.165) is 0 Å². The zero-order valence-electron chi connectivity index (χ0n) is 7.23. The predicted molar refractivity (Wildman–Crippen MR) is 52.0 cm³/mol. The van der Waals surface area contributed by atoms with Crippen molar-refractivity contribution in [3.63, 3.8) is 0 Å². The molecule has 2 aromatic rings. The van der Waals surface area contributed by atoms with Gasteiger partial charge in [0, 0.05) is 16.8 Å². The Labute approximate surface area is 80.5 Å². The molecule has 0 unspecified atom stereocenters. The maximum atomic E-state index is 9.52. The van der Waals surface area contributed by atoms with Crippen molar-refractivity contribution in [1.82, 2.24) is 0 Å². The summed E-state index contributed by atoms with van der Waals surface area (Å²) in [5.41, 5.74) is 0.357. The molecule has 14 heavy (non-hydrogen) atoms. The number of benzene rings is 2. The van der Waals surface area contributed by atoms with E-state index in [-0.39, 0.29) is 11.5 Å². The van der Waals surface area contributed by atoms with E-state index in [1.54, 1.807) is 24.3 Å². The first-order valence-corrected chi connectivity index (χ1v) is 4.08. The zero-order chi connectivity index (χ0) is 10.1. The van der Waals surface area contributed by atoms with Crippen molar-refractivity contribution in [1.29, 1.82) is 5.26 Å². The van der Waals surface area contributed by atoms with Gasteiger partial charge < -0.3 is 10.2 Å². The highest BCUT2D eigenvalue weighted by Gasteiger charge is 2.09. The number of nitrogens with zero attached hydrogens (tertiary/aromatic N) is 1. The Morgan fingerprint density at radius 1 is 1.07 bits per heavy atom. The molecule has 0 heterocycles. The standard InChI is InChI=1S/C11H7NO2/c12-6-7-5-10(13)11(14)9-4-2-1-3-8(7)9/h1-5,13-14H. The Hall–Kier alpha value is -2.21. The van der Waals surface area contributed by atoms with Gasteiger partial charge in [0.15, 0.2) is 11.5 Å². The first kappa shape index (κ1) is 8.39. The molecule has 0 spiro atoms. The summed E-state index contributed by atoms with van der Waals surface area (Å²) in [4.78, 5) is 0. The summed E-state index contributed by atoms with van der Waals surface area (Å²) >= 11 is 0. The SMILES string of the molecule is N#Cc1cc(O)c(O)c2ccccc12. The lowest BCUT2D eigenvalue weighted by Gasteiger charge is -2.04. The van der Waals surface area contributed by atoms with E-state index in [1.165, 1.54) is 6.07 Å². The number of aromatic hydroxyl groups is 2. The molecule has 2 aromatic carbocycles. The summed E-state index contributed by atoms with van der Waals surface area (Å²) in [6.45, 7) is 0. The van der Waals surface area contributed by atoms with Gasteiger partial charge in [-0.25, -0.2) is 0 Å². The lowest BCUT2D eigenvalue weighted by Crippen LogP contribution is -1.81. The van der Waals surface area contributed by atoms with Crippen LogP contribution in [-0.4, -0.2) is 10.2 Å². The van der Waals surface area contributed by atoms with Crippen LogP contribution in [0.1, 0.15) is 5.56 Å². The number of fused-ring (bicyclic) bond motifs is 1. The molecule has 2 rings (SSSR count). The number of phenols is 2. The number of hydrogen-bond donors (Lipinski definition) is 2. The van der Waals surface area contributed by atoms with Crippen LogP contribution in [0.3, 0.4) is 0 Å². The van der Waals surface area contributed by atoms with E-state index in [0.29, 0.717) is 16.3 Å². The average molecular weight is 185 g/mol. The molecule has 3 nitrogen and oxygen atoms in total. The molecule has 0 amide bonds. The van der Waals surface area contributed by atoms with E-state index in [1.807, 2.05) is 6.07 Å². The summed E-state index contributed by atoms with van der Waals surface area (Å²) in [6.07, 6.45) is 0. The largest absolute Gasteiger partial charge is 0.504 e. The predicted octanol–water partition coefficient (Wildman–Crippen LogP) is 2.12. The fraction of sp³-hybridized carbons (Fsp3) is 0. The maximum Gasteiger partial charge on any atom is 0.165 e. The lowest BCUT2D eigenvalue weighted by molar-refractivity contribution is 0.408. The van der Waals surface area contributed by atoms with Crippen molar-refractivity contribution in [3.05, 3.63) is 35.9 Å². The molecule has 0 saturated heterocycles. The Morgan fingerprint density at radius 2 is 1.71 bits per heavy atom. The molecule has 3 heteroatoms. The number of hydrogen-bond acceptors (Lipinski definition) is 3. The minimum atomic E-state index is -0.264. The number of nitriles is 1. The van der Waals surface area contributed by atoms with Crippen molar-refractivity contribution >= 4 is 10.8 Å². The van der Waals surface area contributed by atoms with Gasteiger partial charge in [0.1, 0.15) is 0 Å². The van der Waals surface area contributed by atoms with Gasteiger partial charge in [-0.15, -0.1) is 0 Å². The normalized spacial score (nSPS) is 9.93. The maximum absolute atomic E-state index is 9.52. The van der Waals surface area contributed by atoms with Crippen LogP contribution in [0.5, 0.6) is 11.5 Å². The summed E-state index contributed by atoms with van der Waals surface area (Å²) in [7, 11) is 0. The molecule has 0 aliphatic heterocycles. The molecule has 0 aliphatic carbocycles. The number of phenolic OH excluding ortho intramolecular Hbond substituents is 2. The van der Waals surface area contributed by atoms with Gasteiger partial charge in [-0.2, -0.15) is 5.26 Å². The zero-order valence-corrected chi connectivity index (χ0v) is 7.23. The summed E-state index contributed by atoms with van der Waals surface area (Å²) in [5, 5.41) is 28.8. The van der Waals surface area contributed by atoms with E-state index >= 15 is 0 Å². The molecule has 0 saturated carbocycles. The van der Waals surface area contributed by atoms with Crippen LogP contribution in [0, 0.1) is 11.3 Å². The van der Waals surface area contributed by atoms with Crippen LogP contribution in [0.15, 0.2) is 30.3 Å². The topological polar surface area (TPSA) is 64.2 Å². The molecule has 0 radical (unpaired) electrons. The molecular weight excluding hydrogens is 178 g/mol.